The maximum Gasteiger partial charge on any atom is 0.134 e. The third-order valence-electron chi connectivity index (χ3n) is 4.36. The smallest absolute Gasteiger partial charge is 0.134 e. The second kappa shape index (κ2) is 6.51. The molecule has 1 fully saturated rings. The van der Waals surface area contributed by atoms with Gasteiger partial charge in [-0.15, -0.1) is 0 Å². The van der Waals surface area contributed by atoms with Crippen molar-refractivity contribution < 1.29 is 4.42 Å². The molecule has 0 spiro atoms. The van der Waals surface area contributed by atoms with Gasteiger partial charge in [0, 0.05) is 16.4 Å². The molecule has 3 rings (SSSR count). The van der Waals surface area contributed by atoms with Crippen molar-refractivity contribution in [2.24, 2.45) is 5.92 Å². The van der Waals surface area contributed by atoms with Crippen molar-refractivity contribution in [1.82, 2.24) is 10.2 Å². The molecule has 1 aliphatic heterocycles. The SMILES string of the molecule is CC(NCC1CCCN(C)C1)c1cc2cc(Br)ccc2o1. The quantitative estimate of drug-likeness (QED) is 0.896. The van der Waals surface area contributed by atoms with Crippen LogP contribution in [0.15, 0.2) is 33.2 Å². The van der Waals surface area contributed by atoms with E-state index in [-0.39, 0.29) is 6.04 Å². The molecule has 2 aromatic rings. The molecule has 21 heavy (non-hydrogen) atoms. The van der Waals surface area contributed by atoms with Gasteiger partial charge in [-0.2, -0.15) is 0 Å². The molecule has 0 radical (unpaired) electrons. The molecule has 0 amide bonds. The van der Waals surface area contributed by atoms with Gasteiger partial charge in [0.1, 0.15) is 11.3 Å². The van der Waals surface area contributed by atoms with Crippen LogP contribution in [0.3, 0.4) is 0 Å². The Kier molecular flexibility index (Phi) is 4.67. The van der Waals surface area contributed by atoms with Crippen LogP contribution in [0.5, 0.6) is 0 Å². The maximum atomic E-state index is 5.95. The van der Waals surface area contributed by atoms with Crippen molar-refractivity contribution in [3.63, 3.8) is 0 Å². The number of hydrogen-bond acceptors (Lipinski definition) is 3. The second-order valence-electron chi connectivity index (χ2n) is 6.23. The molecule has 114 valence electrons. The Morgan fingerprint density at radius 3 is 3.10 bits per heavy atom. The van der Waals surface area contributed by atoms with Crippen molar-refractivity contribution >= 4 is 26.9 Å². The van der Waals surface area contributed by atoms with Gasteiger partial charge in [-0.05, 0) is 70.1 Å². The Balaban J connectivity index is 1.62. The summed E-state index contributed by atoms with van der Waals surface area (Å²) in [4.78, 5) is 2.43. The Hall–Kier alpha value is -0.840. The van der Waals surface area contributed by atoms with E-state index in [0.717, 1.165) is 33.7 Å². The first-order valence-electron chi connectivity index (χ1n) is 7.73. The lowest BCUT2D eigenvalue weighted by Gasteiger charge is -2.30. The molecule has 1 aromatic heterocycles. The van der Waals surface area contributed by atoms with E-state index < -0.39 is 0 Å². The van der Waals surface area contributed by atoms with E-state index in [4.69, 9.17) is 4.42 Å². The molecule has 1 saturated heterocycles. The molecular formula is C17H23BrN2O. The zero-order valence-electron chi connectivity index (χ0n) is 12.7. The predicted octanol–water partition coefficient (Wildman–Crippen LogP) is 4.19. The third kappa shape index (κ3) is 3.68. The highest BCUT2D eigenvalue weighted by molar-refractivity contribution is 9.10. The van der Waals surface area contributed by atoms with E-state index in [1.54, 1.807) is 0 Å². The third-order valence-corrected chi connectivity index (χ3v) is 4.85. The van der Waals surface area contributed by atoms with Gasteiger partial charge in [0.15, 0.2) is 0 Å². The van der Waals surface area contributed by atoms with Crippen LogP contribution in [-0.2, 0) is 0 Å². The molecule has 2 unspecified atom stereocenters. The highest BCUT2D eigenvalue weighted by Gasteiger charge is 2.19. The summed E-state index contributed by atoms with van der Waals surface area (Å²) in [6.45, 7) is 5.68. The molecule has 0 aliphatic carbocycles. The minimum Gasteiger partial charge on any atom is -0.459 e. The van der Waals surface area contributed by atoms with E-state index in [1.807, 2.05) is 12.1 Å². The Labute approximate surface area is 134 Å². The molecular weight excluding hydrogens is 328 g/mol. The number of halogens is 1. The number of nitrogens with zero attached hydrogens (tertiary/aromatic N) is 1. The fourth-order valence-electron chi connectivity index (χ4n) is 3.13. The predicted molar refractivity (Wildman–Crippen MR) is 90.6 cm³/mol. The number of rotatable bonds is 4. The molecule has 4 heteroatoms. The highest BCUT2D eigenvalue weighted by Crippen LogP contribution is 2.26. The van der Waals surface area contributed by atoms with E-state index >= 15 is 0 Å². The zero-order chi connectivity index (χ0) is 14.8. The number of likely N-dealkylation sites (tertiary alicyclic amines) is 1. The highest BCUT2D eigenvalue weighted by atomic mass is 79.9. The Bertz CT molecular complexity index is 610. The summed E-state index contributed by atoms with van der Waals surface area (Å²) in [6, 6.07) is 8.54. The van der Waals surface area contributed by atoms with Crippen LogP contribution in [0.25, 0.3) is 11.0 Å². The van der Waals surface area contributed by atoms with Crippen LogP contribution in [0.4, 0.5) is 0 Å². The van der Waals surface area contributed by atoms with Gasteiger partial charge in [-0.3, -0.25) is 0 Å². The van der Waals surface area contributed by atoms with Crippen molar-refractivity contribution in [2.75, 3.05) is 26.7 Å². The fourth-order valence-corrected chi connectivity index (χ4v) is 3.51. The summed E-state index contributed by atoms with van der Waals surface area (Å²) >= 11 is 3.51. The molecule has 1 N–H and O–H groups in total. The molecule has 1 aliphatic rings. The van der Waals surface area contributed by atoms with Gasteiger partial charge in [-0.25, -0.2) is 0 Å². The first kappa shape index (κ1) is 15.1. The van der Waals surface area contributed by atoms with Gasteiger partial charge in [0.25, 0.3) is 0 Å². The number of fused-ring (bicyclic) bond motifs is 1. The summed E-state index contributed by atoms with van der Waals surface area (Å²) in [5.74, 6) is 1.77. The lowest BCUT2D eigenvalue weighted by molar-refractivity contribution is 0.202. The minimum absolute atomic E-state index is 0.253. The van der Waals surface area contributed by atoms with Crippen LogP contribution in [0.2, 0.25) is 0 Å². The average molecular weight is 351 g/mol. The van der Waals surface area contributed by atoms with E-state index in [0.29, 0.717) is 0 Å². The normalized spacial score (nSPS) is 21.8. The van der Waals surface area contributed by atoms with Gasteiger partial charge < -0.3 is 14.6 Å². The summed E-state index contributed by atoms with van der Waals surface area (Å²) in [5.41, 5.74) is 0.958. The van der Waals surface area contributed by atoms with Crippen LogP contribution in [0, 0.1) is 5.92 Å². The number of piperidine rings is 1. The van der Waals surface area contributed by atoms with Gasteiger partial charge >= 0.3 is 0 Å². The first-order valence-corrected chi connectivity index (χ1v) is 8.52. The summed E-state index contributed by atoms with van der Waals surface area (Å²) in [5, 5.41) is 4.79. The van der Waals surface area contributed by atoms with Crippen LogP contribution >= 0.6 is 15.9 Å². The van der Waals surface area contributed by atoms with Gasteiger partial charge in [-0.1, -0.05) is 15.9 Å². The Morgan fingerprint density at radius 2 is 2.29 bits per heavy atom. The van der Waals surface area contributed by atoms with Crippen molar-refractivity contribution in [2.45, 2.75) is 25.8 Å². The Morgan fingerprint density at radius 1 is 1.43 bits per heavy atom. The minimum atomic E-state index is 0.253. The van der Waals surface area contributed by atoms with Gasteiger partial charge in [0.2, 0.25) is 0 Å². The molecule has 0 bridgehead atoms. The standard InChI is InChI=1S/C17H23BrN2O/c1-12(19-10-13-4-3-7-20(2)11-13)17-9-14-8-15(18)5-6-16(14)21-17/h5-6,8-9,12-13,19H,3-4,7,10-11H2,1-2H3. The number of benzene rings is 1. The molecule has 2 atom stereocenters. The molecule has 0 saturated carbocycles. The number of furan rings is 1. The van der Waals surface area contributed by atoms with Crippen LogP contribution in [-0.4, -0.2) is 31.6 Å². The lowest BCUT2D eigenvalue weighted by atomic mass is 9.98. The molecule has 1 aromatic carbocycles. The maximum absolute atomic E-state index is 5.95. The fraction of sp³-hybridized carbons (Fsp3) is 0.529. The second-order valence-corrected chi connectivity index (χ2v) is 7.15. The largest absolute Gasteiger partial charge is 0.459 e. The number of nitrogens with one attached hydrogen (secondary N) is 1. The van der Waals surface area contributed by atoms with E-state index in [1.165, 1.54) is 25.9 Å². The first-order chi connectivity index (χ1) is 10.1. The van der Waals surface area contributed by atoms with Crippen LogP contribution in [0.1, 0.15) is 31.6 Å². The summed E-state index contributed by atoms with van der Waals surface area (Å²) in [7, 11) is 2.21. The van der Waals surface area contributed by atoms with Crippen molar-refractivity contribution in [1.29, 1.82) is 0 Å². The lowest BCUT2D eigenvalue weighted by Crippen LogP contribution is -2.37. The average Bonchev–Trinajstić information content (AvgIpc) is 2.88. The summed E-state index contributed by atoms with van der Waals surface area (Å²) < 4.78 is 7.04. The topological polar surface area (TPSA) is 28.4 Å². The van der Waals surface area contributed by atoms with Crippen molar-refractivity contribution in [3.8, 4) is 0 Å². The monoisotopic (exact) mass is 350 g/mol. The number of hydrogen-bond donors (Lipinski definition) is 1. The zero-order valence-corrected chi connectivity index (χ0v) is 14.3. The molecule has 3 nitrogen and oxygen atoms in total. The van der Waals surface area contributed by atoms with Crippen LogP contribution < -0.4 is 5.32 Å². The van der Waals surface area contributed by atoms with Gasteiger partial charge in [0.05, 0.1) is 6.04 Å². The van der Waals surface area contributed by atoms with E-state index in [2.05, 4.69) is 52.3 Å². The molecule has 2 heterocycles. The summed E-state index contributed by atoms with van der Waals surface area (Å²) in [6.07, 6.45) is 2.65. The van der Waals surface area contributed by atoms with E-state index in [9.17, 15) is 0 Å². The van der Waals surface area contributed by atoms with Crippen molar-refractivity contribution in [3.05, 3.63) is 34.5 Å².